The van der Waals surface area contributed by atoms with Crippen LogP contribution in [0.2, 0.25) is 5.02 Å². The molecule has 4 nitrogen and oxygen atoms in total. The van der Waals surface area contributed by atoms with Crippen molar-refractivity contribution in [3.8, 4) is 0 Å². The number of aldehydes is 1. The molecule has 0 radical (unpaired) electrons. The van der Waals surface area contributed by atoms with E-state index in [2.05, 4.69) is 23.5 Å². The quantitative estimate of drug-likeness (QED) is 0.783. The molecule has 2 aromatic rings. The zero-order valence-corrected chi connectivity index (χ0v) is 16.8. The van der Waals surface area contributed by atoms with E-state index in [0.29, 0.717) is 11.6 Å². The number of hydrogen-bond acceptors (Lipinski definition) is 3. The first-order valence-corrected chi connectivity index (χ1v) is 10.3. The lowest BCUT2D eigenvalue weighted by atomic mass is 9.80. The van der Waals surface area contributed by atoms with E-state index in [1.54, 1.807) is 6.92 Å². The summed E-state index contributed by atoms with van der Waals surface area (Å²) >= 11 is 6.20. The van der Waals surface area contributed by atoms with Gasteiger partial charge in [-0.3, -0.25) is 4.79 Å². The molecule has 2 aliphatic rings. The summed E-state index contributed by atoms with van der Waals surface area (Å²) in [7, 11) is 0. The molecule has 146 valence electrons. The molecule has 2 heterocycles. The minimum absolute atomic E-state index is 0.00661. The molecule has 1 amide bonds. The summed E-state index contributed by atoms with van der Waals surface area (Å²) in [6.07, 6.45) is 3.80. The monoisotopic (exact) mass is 396 g/mol. The van der Waals surface area contributed by atoms with Crippen molar-refractivity contribution in [2.45, 2.75) is 38.6 Å². The summed E-state index contributed by atoms with van der Waals surface area (Å²) in [6, 6.07) is 12.3. The predicted octanol–water partition coefficient (Wildman–Crippen LogP) is 3.88. The molecule has 5 heteroatoms. The standard InChI is InChI=1S/C23H25ClN2O2/c1-15(28)26-13-19-10-17(22-8-9-25-12-20(22)14-27)4-2-16(19)3-5-18-11-21(24)6-7-23(18)26/h2,4,6-7,10-11,14,20,22,25H,3,5,8-9,12-13H2,1H3. The Bertz CT molecular complexity index is 911. The number of rotatable bonds is 2. The number of anilines is 1. The number of hydrogen-bond donors (Lipinski definition) is 1. The van der Waals surface area contributed by atoms with Gasteiger partial charge < -0.3 is 15.0 Å². The zero-order valence-electron chi connectivity index (χ0n) is 16.1. The summed E-state index contributed by atoms with van der Waals surface area (Å²) in [6.45, 7) is 3.82. The van der Waals surface area contributed by atoms with Gasteiger partial charge in [-0.05, 0) is 72.2 Å². The Morgan fingerprint density at radius 1 is 1.14 bits per heavy atom. The SMILES string of the molecule is CC(=O)N1Cc2cc(C3CCNCC3C=O)ccc2CCc2cc(Cl)ccc21. The molecule has 28 heavy (non-hydrogen) atoms. The van der Waals surface area contributed by atoms with Crippen molar-refractivity contribution in [1.29, 1.82) is 0 Å². The van der Waals surface area contributed by atoms with Gasteiger partial charge in [-0.15, -0.1) is 0 Å². The molecule has 0 bridgehead atoms. The maximum Gasteiger partial charge on any atom is 0.224 e. The van der Waals surface area contributed by atoms with Crippen molar-refractivity contribution in [3.05, 3.63) is 63.7 Å². The fourth-order valence-corrected chi connectivity index (χ4v) is 4.73. The van der Waals surface area contributed by atoms with Gasteiger partial charge in [-0.2, -0.15) is 0 Å². The Hall–Kier alpha value is -2.17. The summed E-state index contributed by atoms with van der Waals surface area (Å²) in [5.41, 5.74) is 5.70. The largest absolute Gasteiger partial charge is 0.316 e. The Morgan fingerprint density at radius 3 is 2.75 bits per heavy atom. The minimum atomic E-state index is 0.00661. The van der Waals surface area contributed by atoms with E-state index in [4.69, 9.17) is 11.6 Å². The third-order valence-corrected chi connectivity index (χ3v) is 6.30. The molecule has 1 N–H and O–H groups in total. The average Bonchev–Trinajstić information content (AvgIpc) is 2.69. The molecular weight excluding hydrogens is 372 g/mol. The first-order valence-electron chi connectivity index (χ1n) is 9.91. The molecular formula is C23H25ClN2O2. The van der Waals surface area contributed by atoms with E-state index in [1.807, 2.05) is 23.1 Å². The maximum absolute atomic E-state index is 12.4. The molecule has 0 aromatic heterocycles. The molecule has 1 saturated heterocycles. The van der Waals surface area contributed by atoms with Crippen molar-refractivity contribution < 1.29 is 9.59 Å². The number of fused-ring (bicyclic) bond motifs is 2. The van der Waals surface area contributed by atoms with Gasteiger partial charge in [0.25, 0.3) is 0 Å². The molecule has 0 spiro atoms. The number of halogens is 1. The van der Waals surface area contributed by atoms with Gasteiger partial charge in [0.1, 0.15) is 6.29 Å². The normalized spacial score (nSPS) is 21.9. The first kappa shape index (κ1) is 19.2. The van der Waals surface area contributed by atoms with Crippen LogP contribution in [0.25, 0.3) is 0 Å². The highest BCUT2D eigenvalue weighted by atomic mass is 35.5. The summed E-state index contributed by atoms with van der Waals surface area (Å²) in [4.78, 5) is 25.8. The smallest absolute Gasteiger partial charge is 0.224 e. The van der Waals surface area contributed by atoms with Crippen LogP contribution >= 0.6 is 11.6 Å². The highest BCUT2D eigenvalue weighted by Crippen LogP contribution is 2.34. The van der Waals surface area contributed by atoms with Crippen LogP contribution in [0.4, 0.5) is 5.69 Å². The van der Waals surface area contributed by atoms with E-state index < -0.39 is 0 Å². The van der Waals surface area contributed by atoms with Gasteiger partial charge in [-0.1, -0.05) is 29.8 Å². The number of piperidine rings is 1. The van der Waals surface area contributed by atoms with Crippen LogP contribution in [0.3, 0.4) is 0 Å². The van der Waals surface area contributed by atoms with Gasteiger partial charge >= 0.3 is 0 Å². The topological polar surface area (TPSA) is 49.4 Å². The fraction of sp³-hybridized carbons (Fsp3) is 0.391. The lowest BCUT2D eigenvalue weighted by molar-refractivity contribution is -0.116. The molecule has 2 unspecified atom stereocenters. The lowest BCUT2D eigenvalue weighted by Crippen LogP contribution is -2.36. The van der Waals surface area contributed by atoms with Crippen molar-refractivity contribution in [2.75, 3.05) is 18.0 Å². The number of carbonyl (C=O) groups excluding carboxylic acids is 2. The van der Waals surface area contributed by atoms with Crippen molar-refractivity contribution in [3.63, 3.8) is 0 Å². The number of nitrogens with one attached hydrogen (secondary N) is 1. The summed E-state index contributed by atoms with van der Waals surface area (Å²) in [5, 5.41) is 4.01. The molecule has 2 aromatic carbocycles. The average molecular weight is 397 g/mol. The number of amides is 1. The number of nitrogens with zero attached hydrogens (tertiary/aromatic N) is 1. The van der Waals surface area contributed by atoms with Crippen LogP contribution in [0.15, 0.2) is 36.4 Å². The molecule has 1 fully saturated rings. The number of benzene rings is 2. The van der Waals surface area contributed by atoms with Crippen LogP contribution in [0.1, 0.15) is 41.5 Å². The molecule has 0 saturated carbocycles. The van der Waals surface area contributed by atoms with Gasteiger partial charge in [0.05, 0.1) is 6.54 Å². The zero-order chi connectivity index (χ0) is 19.7. The van der Waals surface area contributed by atoms with Crippen molar-refractivity contribution in [1.82, 2.24) is 5.32 Å². The molecule has 2 atom stereocenters. The minimum Gasteiger partial charge on any atom is -0.316 e. The van der Waals surface area contributed by atoms with Crippen LogP contribution in [0.5, 0.6) is 0 Å². The highest BCUT2D eigenvalue weighted by Gasteiger charge is 2.27. The Balaban J connectivity index is 1.72. The van der Waals surface area contributed by atoms with Crippen molar-refractivity contribution >= 4 is 29.5 Å². The molecule has 4 rings (SSSR count). The fourth-order valence-electron chi connectivity index (χ4n) is 4.53. The van der Waals surface area contributed by atoms with E-state index in [1.165, 1.54) is 16.7 Å². The second kappa shape index (κ2) is 8.06. The summed E-state index contributed by atoms with van der Waals surface area (Å²) < 4.78 is 0. The van der Waals surface area contributed by atoms with Gasteiger partial charge in [0.2, 0.25) is 5.91 Å². The predicted molar refractivity (Wildman–Crippen MR) is 112 cm³/mol. The van der Waals surface area contributed by atoms with Crippen LogP contribution in [0, 0.1) is 5.92 Å². The Labute approximate surface area is 170 Å². The van der Waals surface area contributed by atoms with E-state index >= 15 is 0 Å². The Kier molecular flexibility index (Phi) is 5.51. The summed E-state index contributed by atoms with van der Waals surface area (Å²) in [5.74, 6) is 0.271. The van der Waals surface area contributed by atoms with Crippen LogP contribution in [-0.4, -0.2) is 25.3 Å². The number of aryl methyl sites for hydroxylation is 2. The Morgan fingerprint density at radius 2 is 1.96 bits per heavy atom. The van der Waals surface area contributed by atoms with Gasteiger partial charge in [0, 0.05) is 30.1 Å². The van der Waals surface area contributed by atoms with Gasteiger partial charge in [0.15, 0.2) is 0 Å². The third kappa shape index (κ3) is 3.71. The van der Waals surface area contributed by atoms with E-state index in [-0.39, 0.29) is 17.7 Å². The second-order valence-corrected chi connectivity index (χ2v) is 8.24. The van der Waals surface area contributed by atoms with E-state index in [9.17, 15) is 9.59 Å². The second-order valence-electron chi connectivity index (χ2n) is 7.81. The molecule has 0 aliphatic carbocycles. The number of carbonyl (C=O) groups is 2. The third-order valence-electron chi connectivity index (χ3n) is 6.07. The maximum atomic E-state index is 12.4. The highest BCUT2D eigenvalue weighted by molar-refractivity contribution is 6.30. The van der Waals surface area contributed by atoms with Gasteiger partial charge in [-0.25, -0.2) is 0 Å². The lowest BCUT2D eigenvalue weighted by Gasteiger charge is -2.31. The van der Waals surface area contributed by atoms with Crippen LogP contribution in [-0.2, 0) is 29.0 Å². The van der Waals surface area contributed by atoms with Crippen molar-refractivity contribution in [2.24, 2.45) is 5.92 Å². The van der Waals surface area contributed by atoms with E-state index in [0.717, 1.165) is 49.9 Å². The molecule has 2 aliphatic heterocycles. The van der Waals surface area contributed by atoms with Crippen LogP contribution < -0.4 is 10.2 Å². The first-order chi connectivity index (χ1) is 13.6.